The predicted octanol–water partition coefficient (Wildman–Crippen LogP) is 7.02. The Morgan fingerprint density at radius 1 is 0.639 bits per heavy atom. The van der Waals surface area contributed by atoms with E-state index in [1.165, 1.54) is 0 Å². The van der Waals surface area contributed by atoms with Crippen molar-refractivity contribution in [1.29, 1.82) is 0 Å². The average Bonchev–Trinajstić information content (AvgIpc) is 2.92. The molecule has 0 aromatic heterocycles. The fourth-order valence-electron chi connectivity index (χ4n) is 4.98. The van der Waals surface area contributed by atoms with Gasteiger partial charge >= 0.3 is 230 Å². The Labute approximate surface area is 229 Å². The molecule has 0 radical (unpaired) electrons. The Morgan fingerprint density at radius 2 is 1.08 bits per heavy atom. The fraction of sp³-hybridized carbons (Fsp3) is 0.200. The van der Waals surface area contributed by atoms with Crippen molar-refractivity contribution in [3.63, 3.8) is 0 Å². The van der Waals surface area contributed by atoms with Crippen LogP contribution in [0.2, 0.25) is 0 Å². The first-order chi connectivity index (χ1) is 17.4. The van der Waals surface area contributed by atoms with Gasteiger partial charge < -0.3 is 0 Å². The molecule has 0 N–H and O–H groups in total. The van der Waals surface area contributed by atoms with Crippen molar-refractivity contribution in [2.75, 3.05) is 6.16 Å². The number of unbranched alkanes of at least 4 members (excludes halogenated alkanes) is 3. The summed E-state index contributed by atoms with van der Waals surface area (Å²) in [5.41, 5.74) is 0. The quantitative estimate of drug-likeness (QED) is 0.102. The summed E-state index contributed by atoms with van der Waals surface area (Å²) < 4.78 is 36.1. The molecular formula is C30H32IO3PS. The van der Waals surface area contributed by atoms with Gasteiger partial charge in [-0.2, -0.15) is 0 Å². The molecule has 0 fully saturated rings. The molecule has 188 valence electrons. The molecule has 36 heavy (non-hydrogen) atoms. The van der Waals surface area contributed by atoms with E-state index in [0.717, 1.165) is 41.6 Å². The first kappa shape index (κ1) is 27.0. The maximum atomic E-state index is 14.3. The Kier molecular flexibility index (Phi) is 8.67. The summed E-state index contributed by atoms with van der Waals surface area (Å²) in [5.74, 6) is 0. The zero-order valence-corrected chi connectivity index (χ0v) is 24.3. The van der Waals surface area contributed by atoms with Crippen molar-refractivity contribution in [3.8, 4) is 0 Å². The predicted molar refractivity (Wildman–Crippen MR) is 162 cm³/mol. The van der Waals surface area contributed by atoms with Gasteiger partial charge in [0, 0.05) is 0 Å². The SMILES string of the molecule is CCCCCCP(OS(=O)(=O)c1ccccc1I)(c1ccccc1)(c1ccccc1)c1ccccc1. The van der Waals surface area contributed by atoms with Gasteiger partial charge in [-0.15, -0.1) is 0 Å². The van der Waals surface area contributed by atoms with Crippen LogP contribution >= 0.6 is 29.4 Å². The second-order valence-corrected chi connectivity index (χ2v) is 16.5. The topological polar surface area (TPSA) is 43.4 Å². The number of hydrogen-bond donors (Lipinski definition) is 0. The van der Waals surface area contributed by atoms with Gasteiger partial charge in [0.2, 0.25) is 0 Å². The first-order valence-corrected chi connectivity index (χ1v) is 17.2. The third kappa shape index (κ3) is 5.04. The van der Waals surface area contributed by atoms with Crippen LogP contribution in [0, 0.1) is 3.57 Å². The van der Waals surface area contributed by atoms with E-state index in [1.54, 1.807) is 18.2 Å². The van der Waals surface area contributed by atoms with Crippen LogP contribution in [0.3, 0.4) is 0 Å². The van der Waals surface area contributed by atoms with Gasteiger partial charge in [0.1, 0.15) is 0 Å². The third-order valence-electron chi connectivity index (χ3n) is 6.71. The zero-order valence-electron chi connectivity index (χ0n) is 20.5. The van der Waals surface area contributed by atoms with Gasteiger partial charge in [-0.1, -0.05) is 0 Å². The molecule has 0 heterocycles. The minimum atomic E-state index is -4.14. The minimum absolute atomic E-state index is 0.205. The van der Waals surface area contributed by atoms with E-state index in [0.29, 0.717) is 9.73 Å². The van der Waals surface area contributed by atoms with Gasteiger partial charge in [0.25, 0.3) is 0 Å². The van der Waals surface area contributed by atoms with Crippen molar-refractivity contribution in [2.45, 2.75) is 37.5 Å². The molecule has 6 heteroatoms. The van der Waals surface area contributed by atoms with Gasteiger partial charge in [0.15, 0.2) is 0 Å². The Morgan fingerprint density at radius 3 is 1.53 bits per heavy atom. The van der Waals surface area contributed by atoms with E-state index in [4.69, 9.17) is 3.97 Å². The first-order valence-electron chi connectivity index (χ1n) is 12.3. The number of benzene rings is 4. The van der Waals surface area contributed by atoms with Crippen LogP contribution in [0.15, 0.2) is 120 Å². The molecule has 0 saturated carbocycles. The van der Waals surface area contributed by atoms with E-state index >= 15 is 0 Å². The van der Waals surface area contributed by atoms with Gasteiger partial charge in [-0.25, -0.2) is 0 Å². The molecule has 4 rings (SSSR count). The summed E-state index contributed by atoms with van der Waals surface area (Å²) in [6, 6.07) is 37.1. The molecule has 0 aliphatic carbocycles. The van der Waals surface area contributed by atoms with Crippen molar-refractivity contribution in [2.24, 2.45) is 0 Å². The molecule has 0 aliphatic heterocycles. The van der Waals surface area contributed by atoms with E-state index in [9.17, 15) is 8.42 Å². The second kappa shape index (κ2) is 11.6. The van der Waals surface area contributed by atoms with Gasteiger partial charge in [-0.05, 0) is 0 Å². The summed E-state index contributed by atoms with van der Waals surface area (Å²) in [6.45, 7) is -1.80. The normalized spacial score (nSPS) is 13.1. The van der Waals surface area contributed by atoms with Crippen molar-refractivity contribution >= 4 is 55.5 Å². The molecule has 0 saturated heterocycles. The second-order valence-electron chi connectivity index (χ2n) is 8.96. The number of rotatable bonds is 11. The number of hydrogen-bond acceptors (Lipinski definition) is 3. The molecule has 0 spiro atoms. The standard InChI is InChI=1S/C30H32IO3PS/c1-2-3-4-16-25-35(26-17-8-5-9-18-26,27-19-10-6-11-20-27,28-21-12-7-13-22-28)34-36(32,33)30-24-15-14-23-29(30)31/h5-15,17-24H,2-4,16,25H2,1H3. The van der Waals surface area contributed by atoms with Crippen LogP contribution in [-0.4, -0.2) is 14.6 Å². The van der Waals surface area contributed by atoms with Gasteiger partial charge in [0.05, 0.1) is 0 Å². The molecule has 0 unspecified atom stereocenters. The van der Waals surface area contributed by atoms with Crippen LogP contribution in [0.25, 0.3) is 0 Å². The number of halogens is 1. The van der Waals surface area contributed by atoms with Crippen molar-refractivity contribution in [3.05, 3.63) is 119 Å². The average molecular weight is 631 g/mol. The van der Waals surface area contributed by atoms with Crippen LogP contribution < -0.4 is 15.9 Å². The molecule has 0 amide bonds. The molecule has 0 atom stereocenters. The van der Waals surface area contributed by atoms with E-state index in [1.807, 2.05) is 97.1 Å². The molecule has 0 bridgehead atoms. The van der Waals surface area contributed by atoms with E-state index < -0.39 is 16.9 Å². The summed E-state index contributed by atoms with van der Waals surface area (Å²) in [4.78, 5) is 0.205. The van der Waals surface area contributed by atoms with Crippen LogP contribution in [0.5, 0.6) is 0 Å². The van der Waals surface area contributed by atoms with E-state index in [-0.39, 0.29) is 4.90 Å². The summed E-state index contributed by atoms with van der Waals surface area (Å²) >= 11 is 2.08. The van der Waals surface area contributed by atoms with Crippen LogP contribution in [0.4, 0.5) is 0 Å². The molecule has 3 nitrogen and oxygen atoms in total. The van der Waals surface area contributed by atoms with Crippen molar-refractivity contribution in [1.82, 2.24) is 0 Å². The van der Waals surface area contributed by atoms with E-state index in [2.05, 4.69) is 29.5 Å². The summed E-state index contributed by atoms with van der Waals surface area (Å²) in [6.07, 6.45) is 4.65. The Hall–Kier alpha value is -2.05. The molecule has 4 aromatic carbocycles. The Balaban J connectivity index is 2.12. The molecular weight excluding hydrogens is 598 g/mol. The monoisotopic (exact) mass is 630 g/mol. The van der Waals surface area contributed by atoms with Crippen LogP contribution in [0.1, 0.15) is 32.6 Å². The fourth-order valence-corrected chi connectivity index (χ4v) is 15.0. The van der Waals surface area contributed by atoms with Crippen LogP contribution in [-0.2, 0) is 14.1 Å². The van der Waals surface area contributed by atoms with Gasteiger partial charge in [-0.3, -0.25) is 0 Å². The zero-order chi connectivity index (χ0) is 25.5. The third-order valence-corrected chi connectivity index (χ3v) is 16.4. The van der Waals surface area contributed by atoms with Crippen molar-refractivity contribution < 1.29 is 12.4 Å². The summed E-state index contributed by atoms with van der Waals surface area (Å²) in [5, 5.41) is 2.77. The molecule has 4 aromatic rings. The molecule has 0 aliphatic rings. The maximum absolute atomic E-state index is 14.3. The Bertz CT molecular complexity index is 1280. The summed E-state index contributed by atoms with van der Waals surface area (Å²) in [7, 11) is -4.14.